The summed E-state index contributed by atoms with van der Waals surface area (Å²) in [6.45, 7) is -0.936. The first-order valence-corrected chi connectivity index (χ1v) is 5.18. The quantitative estimate of drug-likeness (QED) is 0.724. The Morgan fingerprint density at radius 3 is 2.35 bits per heavy atom. The van der Waals surface area contributed by atoms with E-state index in [1.54, 1.807) is 5.32 Å². The molecule has 1 aromatic carbocycles. The van der Waals surface area contributed by atoms with Crippen LogP contribution in [0.3, 0.4) is 0 Å². The molecule has 0 radical (unpaired) electrons. The average molecular weight is 295 g/mol. The van der Waals surface area contributed by atoms with Gasteiger partial charge in [-0.1, -0.05) is 0 Å². The van der Waals surface area contributed by atoms with Crippen LogP contribution in [0, 0.1) is 5.82 Å². The van der Waals surface area contributed by atoms with Crippen LogP contribution >= 0.6 is 0 Å². The number of aliphatic hydroxyl groups excluding tert-OH is 1. The molecule has 5 nitrogen and oxygen atoms in total. The lowest BCUT2D eigenvalue weighted by atomic mass is 10.1. The summed E-state index contributed by atoms with van der Waals surface area (Å²) in [5, 5.41) is 19.1. The van der Waals surface area contributed by atoms with E-state index < -0.39 is 47.6 Å². The number of carbonyl (C=O) groups excluding carboxylic acids is 1. The molecule has 0 aromatic heterocycles. The number of rotatable bonds is 4. The van der Waals surface area contributed by atoms with E-state index in [-0.39, 0.29) is 6.07 Å². The zero-order valence-electron chi connectivity index (χ0n) is 9.74. The fraction of sp³-hybridized carbons (Fsp3) is 0.273. The molecule has 110 valence electrons. The summed E-state index contributed by atoms with van der Waals surface area (Å²) in [6, 6.07) is -0.175. The Labute approximate surface area is 109 Å². The van der Waals surface area contributed by atoms with Crippen LogP contribution in [0.15, 0.2) is 18.2 Å². The highest BCUT2D eigenvalue weighted by Crippen LogP contribution is 2.31. The zero-order valence-corrected chi connectivity index (χ0v) is 9.74. The number of hydrogen-bond acceptors (Lipinski definition) is 3. The molecule has 0 aliphatic carbocycles. The normalized spacial score (nSPS) is 12.8. The Balaban J connectivity index is 3.03. The number of aliphatic hydroxyl groups is 1. The highest BCUT2D eigenvalue weighted by atomic mass is 19.4. The van der Waals surface area contributed by atoms with E-state index in [0.717, 1.165) is 6.07 Å². The van der Waals surface area contributed by atoms with E-state index in [0.29, 0.717) is 6.07 Å². The van der Waals surface area contributed by atoms with E-state index in [4.69, 9.17) is 10.2 Å². The molecule has 3 N–H and O–H groups in total. The lowest BCUT2D eigenvalue weighted by Crippen LogP contribution is -2.43. The van der Waals surface area contributed by atoms with Crippen molar-refractivity contribution in [1.29, 1.82) is 0 Å². The number of amides is 1. The van der Waals surface area contributed by atoms with Gasteiger partial charge in [0.05, 0.1) is 12.2 Å². The molecule has 0 bridgehead atoms. The summed E-state index contributed by atoms with van der Waals surface area (Å²) in [5.41, 5.74) is -2.21. The molecule has 0 heterocycles. The fourth-order valence-corrected chi connectivity index (χ4v) is 1.31. The SMILES string of the molecule is O=C(N[C@@H](CO)C(=O)O)c1ccc(F)c(C(F)(F)F)c1. The Kier molecular flexibility index (Phi) is 4.66. The number of halogens is 4. The largest absolute Gasteiger partial charge is 0.480 e. The van der Waals surface area contributed by atoms with Gasteiger partial charge >= 0.3 is 12.1 Å². The van der Waals surface area contributed by atoms with Crippen molar-refractivity contribution in [3.8, 4) is 0 Å². The van der Waals surface area contributed by atoms with Gasteiger partial charge in [0, 0.05) is 5.56 Å². The molecule has 0 aliphatic rings. The zero-order chi connectivity index (χ0) is 15.5. The molecule has 1 aromatic rings. The highest BCUT2D eigenvalue weighted by Gasteiger charge is 2.34. The molecular weight excluding hydrogens is 286 g/mol. The van der Waals surface area contributed by atoms with Crippen molar-refractivity contribution in [1.82, 2.24) is 5.32 Å². The van der Waals surface area contributed by atoms with Crippen LogP contribution in [0.25, 0.3) is 0 Å². The minimum Gasteiger partial charge on any atom is -0.480 e. The van der Waals surface area contributed by atoms with Crippen LogP contribution in [-0.4, -0.2) is 34.7 Å². The van der Waals surface area contributed by atoms with Crippen molar-refractivity contribution >= 4 is 11.9 Å². The summed E-state index contributed by atoms with van der Waals surface area (Å²) in [6.07, 6.45) is -4.98. The molecule has 0 aliphatic heterocycles. The van der Waals surface area contributed by atoms with E-state index in [2.05, 4.69) is 0 Å². The third kappa shape index (κ3) is 3.67. The number of aliphatic carboxylic acids is 1. The summed E-state index contributed by atoms with van der Waals surface area (Å²) in [4.78, 5) is 22.1. The van der Waals surface area contributed by atoms with Crippen LogP contribution < -0.4 is 5.32 Å². The first kappa shape index (κ1) is 15.9. The van der Waals surface area contributed by atoms with Crippen LogP contribution in [0.2, 0.25) is 0 Å². The first-order chi connectivity index (χ1) is 9.16. The van der Waals surface area contributed by atoms with Crippen LogP contribution in [-0.2, 0) is 11.0 Å². The molecule has 0 saturated carbocycles. The van der Waals surface area contributed by atoms with Crippen LogP contribution in [0.1, 0.15) is 15.9 Å². The number of nitrogens with one attached hydrogen (secondary N) is 1. The number of benzene rings is 1. The third-order valence-electron chi connectivity index (χ3n) is 2.32. The standard InChI is InChI=1S/C11H9F4NO4/c12-7-2-1-5(3-6(7)11(13,14)15)9(18)16-8(4-17)10(19)20/h1-3,8,17H,4H2,(H,16,18)(H,19,20)/t8-/m0/s1. The predicted octanol–water partition coefficient (Wildman–Crippen LogP) is 1.02. The number of carboxylic acids is 1. The molecular formula is C11H9F4NO4. The van der Waals surface area contributed by atoms with Crippen LogP contribution in [0.4, 0.5) is 17.6 Å². The van der Waals surface area contributed by atoms with Crippen molar-refractivity contribution in [3.05, 3.63) is 35.1 Å². The lowest BCUT2D eigenvalue weighted by Gasteiger charge is -2.13. The second kappa shape index (κ2) is 5.87. The van der Waals surface area contributed by atoms with Gasteiger partial charge in [0.15, 0.2) is 6.04 Å². The molecule has 1 atom stereocenters. The van der Waals surface area contributed by atoms with Gasteiger partial charge in [-0.2, -0.15) is 13.2 Å². The van der Waals surface area contributed by atoms with Gasteiger partial charge in [-0.05, 0) is 18.2 Å². The van der Waals surface area contributed by atoms with Gasteiger partial charge in [0.25, 0.3) is 5.91 Å². The molecule has 0 fully saturated rings. The fourth-order valence-electron chi connectivity index (χ4n) is 1.31. The van der Waals surface area contributed by atoms with Crippen LogP contribution in [0.5, 0.6) is 0 Å². The molecule has 0 unspecified atom stereocenters. The number of hydrogen-bond donors (Lipinski definition) is 3. The number of carboxylic acid groups (broad SMARTS) is 1. The van der Waals surface area contributed by atoms with Crippen molar-refractivity contribution in [2.24, 2.45) is 0 Å². The molecule has 0 spiro atoms. The maximum Gasteiger partial charge on any atom is 0.419 e. The third-order valence-corrected chi connectivity index (χ3v) is 2.32. The van der Waals surface area contributed by atoms with Gasteiger partial charge in [-0.15, -0.1) is 0 Å². The average Bonchev–Trinajstić information content (AvgIpc) is 2.34. The molecule has 9 heteroatoms. The van der Waals surface area contributed by atoms with Gasteiger partial charge in [0.2, 0.25) is 0 Å². The number of carbonyl (C=O) groups is 2. The highest BCUT2D eigenvalue weighted by molar-refractivity contribution is 5.96. The summed E-state index contributed by atoms with van der Waals surface area (Å²) < 4.78 is 50.3. The van der Waals surface area contributed by atoms with E-state index in [9.17, 15) is 27.2 Å². The minimum absolute atomic E-state index is 0.265. The first-order valence-electron chi connectivity index (χ1n) is 5.18. The summed E-state index contributed by atoms with van der Waals surface area (Å²) in [7, 11) is 0. The maximum absolute atomic E-state index is 13.0. The van der Waals surface area contributed by atoms with Gasteiger partial charge in [-0.25, -0.2) is 9.18 Å². The second-order valence-electron chi connectivity index (χ2n) is 3.74. The summed E-state index contributed by atoms with van der Waals surface area (Å²) in [5.74, 6) is -4.28. The van der Waals surface area contributed by atoms with Crippen molar-refractivity contribution in [3.63, 3.8) is 0 Å². The monoisotopic (exact) mass is 295 g/mol. The van der Waals surface area contributed by atoms with Crippen molar-refractivity contribution < 1.29 is 37.4 Å². The summed E-state index contributed by atoms with van der Waals surface area (Å²) >= 11 is 0. The second-order valence-corrected chi connectivity index (χ2v) is 3.74. The van der Waals surface area contributed by atoms with E-state index in [1.807, 2.05) is 0 Å². The van der Waals surface area contributed by atoms with Crippen molar-refractivity contribution in [2.45, 2.75) is 12.2 Å². The molecule has 1 amide bonds. The number of alkyl halides is 3. The Bertz CT molecular complexity index is 530. The van der Waals surface area contributed by atoms with Gasteiger partial charge in [0.1, 0.15) is 5.82 Å². The van der Waals surface area contributed by atoms with Crippen molar-refractivity contribution in [2.75, 3.05) is 6.61 Å². The lowest BCUT2D eigenvalue weighted by molar-refractivity contribution is -0.141. The maximum atomic E-state index is 13.0. The Morgan fingerprint density at radius 1 is 1.30 bits per heavy atom. The molecule has 0 saturated heterocycles. The topological polar surface area (TPSA) is 86.6 Å². The predicted molar refractivity (Wildman–Crippen MR) is 57.4 cm³/mol. The molecule has 20 heavy (non-hydrogen) atoms. The molecule has 1 rings (SSSR count). The Hall–Kier alpha value is -2.16. The smallest absolute Gasteiger partial charge is 0.419 e. The van der Waals surface area contributed by atoms with E-state index >= 15 is 0 Å². The minimum atomic E-state index is -4.98. The Morgan fingerprint density at radius 2 is 1.90 bits per heavy atom. The van der Waals surface area contributed by atoms with E-state index in [1.165, 1.54) is 0 Å². The van der Waals surface area contributed by atoms with Gasteiger partial charge in [-0.3, -0.25) is 4.79 Å². The van der Waals surface area contributed by atoms with Gasteiger partial charge < -0.3 is 15.5 Å².